The van der Waals surface area contributed by atoms with Gasteiger partial charge in [0.05, 0.1) is 20.8 Å². The Balaban J connectivity index is 1.49. The van der Waals surface area contributed by atoms with Crippen LogP contribution in [0.15, 0.2) is 42.5 Å². The van der Waals surface area contributed by atoms with Gasteiger partial charge in [0.1, 0.15) is 22.8 Å². The highest BCUT2D eigenvalue weighted by molar-refractivity contribution is 5.99. The lowest BCUT2D eigenvalue weighted by Crippen LogP contribution is -2.41. The quantitative estimate of drug-likeness (QED) is 0.465. The molecule has 1 aliphatic rings. The molecule has 1 saturated heterocycles. The Morgan fingerprint density at radius 3 is 2.15 bits per heavy atom. The van der Waals surface area contributed by atoms with E-state index in [1.165, 1.54) is 14.2 Å². The third kappa shape index (κ3) is 6.18. The van der Waals surface area contributed by atoms with Crippen LogP contribution in [-0.2, 0) is 4.74 Å². The Bertz CT molecular complexity index is 977. The van der Waals surface area contributed by atoms with Gasteiger partial charge in [-0.1, -0.05) is 6.07 Å². The van der Waals surface area contributed by atoms with E-state index >= 15 is 0 Å². The van der Waals surface area contributed by atoms with Crippen LogP contribution >= 0.6 is 0 Å². The van der Waals surface area contributed by atoms with Crippen LogP contribution in [0.2, 0.25) is 0 Å². The molecule has 9 heteroatoms. The van der Waals surface area contributed by atoms with Crippen LogP contribution < -0.4 is 19.5 Å². The summed E-state index contributed by atoms with van der Waals surface area (Å²) in [5, 5.41) is 2.97. The number of piperidine rings is 1. The minimum Gasteiger partial charge on any atom is -0.496 e. The third-order valence-electron chi connectivity index (χ3n) is 5.67. The first-order valence-corrected chi connectivity index (χ1v) is 11.2. The van der Waals surface area contributed by atoms with Crippen LogP contribution in [0, 0.1) is 5.92 Å². The molecule has 9 nitrogen and oxygen atoms in total. The second kappa shape index (κ2) is 11.9. The van der Waals surface area contributed by atoms with Crippen molar-refractivity contribution in [1.82, 2.24) is 10.2 Å². The van der Waals surface area contributed by atoms with Gasteiger partial charge in [0.2, 0.25) is 0 Å². The van der Waals surface area contributed by atoms with Crippen molar-refractivity contribution in [2.45, 2.75) is 19.8 Å². The summed E-state index contributed by atoms with van der Waals surface area (Å²) in [4.78, 5) is 38.8. The highest BCUT2D eigenvalue weighted by Crippen LogP contribution is 2.28. The van der Waals surface area contributed by atoms with E-state index in [1.807, 2.05) is 0 Å². The van der Waals surface area contributed by atoms with Gasteiger partial charge in [-0.15, -0.1) is 0 Å². The number of hydrogen-bond donors (Lipinski definition) is 1. The number of rotatable bonds is 8. The van der Waals surface area contributed by atoms with E-state index in [1.54, 1.807) is 54.3 Å². The molecule has 0 aromatic heterocycles. The molecule has 2 aromatic rings. The molecule has 0 bridgehead atoms. The lowest BCUT2D eigenvalue weighted by molar-refractivity contribution is 0.0684. The second-order valence-corrected chi connectivity index (χ2v) is 7.79. The predicted octanol–water partition coefficient (Wildman–Crippen LogP) is 3.52. The van der Waals surface area contributed by atoms with Gasteiger partial charge in [0.25, 0.3) is 11.8 Å². The standard InChI is InChI=1S/C25H30N2O7/c1-4-33-25(30)34-19-10-8-18(9-11-19)24(29)27-14-12-17(13-15-27)16-26-23(28)22-20(31-2)6-5-7-21(22)32-3/h5-11,17H,4,12-16H2,1-3H3,(H,26,28). The summed E-state index contributed by atoms with van der Waals surface area (Å²) in [5.41, 5.74) is 0.890. The third-order valence-corrected chi connectivity index (χ3v) is 5.67. The van der Waals surface area contributed by atoms with Gasteiger partial charge >= 0.3 is 6.16 Å². The molecule has 2 aromatic carbocycles. The van der Waals surface area contributed by atoms with Gasteiger partial charge in [-0.3, -0.25) is 9.59 Å². The largest absolute Gasteiger partial charge is 0.513 e. The molecule has 0 radical (unpaired) electrons. The monoisotopic (exact) mass is 470 g/mol. The molecule has 0 aliphatic carbocycles. The van der Waals surface area contributed by atoms with E-state index < -0.39 is 6.16 Å². The molecule has 0 spiro atoms. The zero-order valence-corrected chi connectivity index (χ0v) is 19.7. The van der Waals surface area contributed by atoms with Crippen LogP contribution in [0.4, 0.5) is 4.79 Å². The van der Waals surface area contributed by atoms with Crippen LogP contribution in [0.3, 0.4) is 0 Å². The normalized spacial score (nSPS) is 13.7. The Morgan fingerprint density at radius 2 is 1.59 bits per heavy atom. The Kier molecular flexibility index (Phi) is 8.73. The van der Waals surface area contributed by atoms with Gasteiger partial charge in [0, 0.05) is 25.2 Å². The fourth-order valence-electron chi connectivity index (χ4n) is 3.83. The van der Waals surface area contributed by atoms with Gasteiger partial charge in [0.15, 0.2) is 0 Å². The van der Waals surface area contributed by atoms with E-state index in [0.29, 0.717) is 48.0 Å². The van der Waals surface area contributed by atoms with Crippen LogP contribution in [-0.4, -0.2) is 63.3 Å². The number of nitrogens with one attached hydrogen (secondary N) is 1. The van der Waals surface area contributed by atoms with Gasteiger partial charge in [-0.2, -0.15) is 0 Å². The summed E-state index contributed by atoms with van der Waals surface area (Å²) >= 11 is 0. The zero-order valence-electron chi connectivity index (χ0n) is 19.7. The first-order chi connectivity index (χ1) is 16.5. The molecule has 0 unspecified atom stereocenters. The number of amides is 2. The summed E-state index contributed by atoms with van der Waals surface area (Å²) < 4.78 is 20.4. The fourth-order valence-corrected chi connectivity index (χ4v) is 3.83. The van der Waals surface area contributed by atoms with Crippen molar-refractivity contribution in [3.05, 3.63) is 53.6 Å². The number of nitrogens with zero attached hydrogens (tertiary/aromatic N) is 1. The zero-order chi connectivity index (χ0) is 24.5. The maximum absolute atomic E-state index is 12.8. The highest BCUT2D eigenvalue weighted by Gasteiger charge is 2.25. The van der Waals surface area contributed by atoms with E-state index in [0.717, 1.165) is 12.8 Å². The average Bonchev–Trinajstić information content (AvgIpc) is 2.87. The number of carbonyl (C=O) groups is 3. The molecule has 1 aliphatic heterocycles. The molecule has 3 rings (SSSR count). The van der Waals surface area contributed by atoms with Crippen molar-refractivity contribution in [3.8, 4) is 17.2 Å². The first-order valence-electron chi connectivity index (χ1n) is 11.2. The van der Waals surface area contributed by atoms with Crippen LogP contribution in [0.5, 0.6) is 17.2 Å². The molecule has 0 saturated carbocycles. The predicted molar refractivity (Wildman–Crippen MR) is 125 cm³/mol. The van der Waals surface area contributed by atoms with Gasteiger partial charge < -0.3 is 29.2 Å². The second-order valence-electron chi connectivity index (χ2n) is 7.79. The average molecular weight is 471 g/mol. The number of hydrogen-bond acceptors (Lipinski definition) is 7. The summed E-state index contributed by atoms with van der Waals surface area (Å²) in [6, 6.07) is 11.6. The molecule has 2 amide bonds. The van der Waals surface area contributed by atoms with Crippen molar-refractivity contribution in [2.75, 3.05) is 40.5 Å². The SMILES string of the molecule is CCOC(=O)Oc1ccc(C(=O)N2CCC(CNC(=O)c3c(OC)cccc3OC)CC2)cc1. The highest BCUT2D eigenvalue weighted by atomic mass is 16.7. The first kappa shape index (κ1) is 24.9. The molecule has 0 atom stereocenters. The van der Waals surface area contributed by atoms with Crippen molar-refractivity contribution >= 4 is 18.0 Å². The van der Waals surface area contributed by atoms with Gasteiger partial charge in [-0.25, -0.2) is 4.79 Å². The topological polar surface area (TPSA) is 103 Å². The van der Waals surface area contributed by atoms with Crippen molar-refractivity contribution in [1.29, 1.82) is 0 Å². The van der Waals surface area contributed by atoms with Crippen LogP contribution in [0.25, 0.3) is 0 Å². The van der Waals surface area contributed by atoms with E-state index in [9.17, 15) is 14.4 Å². The number of benzene rings is 2. The summed E-state index contributed by atoms with van der Waals surface area (Å²) in [6.45, 7) is 3.61. The van der Waals surface area contributed by atoms with Crippen molar-refractivity contribution in [3.63, 3.8) is 0 Å². The summed E-state index contributed by atoms with van der Waals surface area (Å²) in [5.74, 6) is 1.15. The lowest BCUT2D eigenvalue weighted by Gasteiger charge is -2.32. The minimum atomic E-state index is -0.778. The Hall–Kier alpha value is -3.75. The van der Waals surface area contributed by atoms with Crippen molar-refractivity contribution in [2.24, 2.45) is 5.92 Å². The molecule has 1 heterocycles. The number of ether oxygens (including phenoxy) is 4. The summed E-state index contributed by atoms with van der Waals surface area (Å²) in [6.07, 6.45) is 0.776. The van der Waals surface area contributed by atoms with Gasteiger partial charge in [-0.05, 0) is 62.1 Å². The Morgan fingerprint density at radius 1 is 0.971 bits per heavy atom. The van der Waals surface area contributed by atoms with Crippen molar-refractivity contribution < 1.29 is 33.3 Å². The Labute approximate surface area is 198 Å². The molecule has 1 N–H and O–H groups in total. The molecule has 34 heavy (non-hydrogen) atoms. The maximum Gasteiger partial charge on any atom is 0.513 e. The fraction of sp³-hybridized carbons (Fsp3) is 0.400. The molecular formula is C25H30N2O7. The van der Waals surface area contributed by atoms with E-state index in [2.05, 4.69) is 5.32 Å². The van der Waals surface area contributed by atoms with E-state index in [4.69, 9.17) is 18.9 Å². The molecule has 1 fully saturated rings. The number of methoxy groups -OCH3 is 2. The number of likely N-dealkylation sites (tertiary alicyclic amines) is 1. The maximum atomic E-state index is 12.8. The smallest absolute Gasteiger partial charge is 0.496 e. The minimum absolute atomic E-state index is 0.0797. The number of carbonyl (C=O) groups excluding carboxylic acids is 3. The van der Waals surface area contributed by atoms with Crippen LogP contribution in [0.1, 0.15) is 40.5 Å². The van der Waals surface area contributed by atoms with E-state index in [-0.39, 0.29) is 24.3 Å². The lowest BCUT2D eigenvalue weighted by atomic mass is 9.96. The summed E-state index contributed by atoms with van der Waals surface area (Å²) in [7, 11) is 3.03. The molecular weight excluding hydrogens is 440 g/mol. The molecule has 182 valence electrons.